The number of carbonyl (C=O) groups is 2. The third-order valence-corrected chi connectivity index (χ3v) is 4.43. The van der Waals surface area contributed by atoms with Crippen LogP contribution in [-0.4, -0.2) is 57.2 Å². The summed E-state index contributed by atoms with van der Waals surface area (Å²) in [5.41, 5.74) is 1.53. The van der Waals surface area contributed by atoms with Crippen molar-refractivity contribution in [2.75, 3.05) is 20.2 Å². The zero-order valence-electron chi connectivity index (χ0n) is 14.8. The van der Waals surface area contributed by atoms with Crippen molar-refractivity contribution in [3.8, 4) is 0 Å². The second kappa shape index (κ2) is 8.54. The van der Waals surface area contributed by atoms with Gasteiger partial charge < -0.3 is 10.1 Å². The maximum Gasteiger partial charge on any atom is 0.339 e. The predicted molar refractivity (Wildman–Crippen MR) is 102 cm³/mol. The van der Waals surface area contributed by atoms with E-state index in [0.29, 0.717) is 30.3 Å². The Balaban J connectivity index is 1.65. The van der Waals surface area contributed by atoms with Crippen LogP contribution in [0.5, 0.6) is 0 Å². The Bertz CT molecular complexity index is 829. The molecule has 0 aromatic carbocycles. The summed E-state index contributed by atoms with van der Waals surface area (Å²) in [6, 6.07) is 6.83. The topological polar surface area (TPSA) is 87.7 Å². The molecular formula is C18H19N5O3S. The number of aromatic nitrogens is 2. The number of ether oxygens (including phenoxy) is 1. The van der Waals surface area contributed by atoms with E-state index in [1.807, 2.05) is 12.1 Å². The zero-order valence-corrected chi connectivity index (χ0v) is 15.6. The van der Waals surface area contributed by atoms with Gasteiger partial charge in [-0.05, 0) is 42.4 Å². The molecule has 0 bridgehead atoms. The summed E-state index contributed by atoms with van der Waals surface area (Å²) in [5.74, 6) is -0.764. The first-order valence-electron chi connectivity index (χ1n) is 8.40. The van der Waals surface area contributed by atoms with Crippen molar-refractivity contribution in [3.05, 3.63) is 59.7 Å². The van der Waals surface area contributed by atoms with E-state index in [1.54, 1.807) is 22.4 Å². The van der Waals surface area contributed by atoms with Crippen molar-refractivity contribution in [3.63, 3.8) is 0 Å². The molecule has 3 heterocycles. The molecule has 1 saturated heterocycles. The molecule has 0 atom stereocenters. The SMILES string of the molecule is COC(=O)c1ccc(C(=O)N2CCCN2C(=S)NCc2cccnc2)nc1. The average Bonchev–Trinajstić information content (AvgIpc) is 3.21. The number of amides is 1. The maximum atomic E-state index is 12.8. The molecule has 1 amide bonds. The van der Waals surface area contributed by atoms with Crippen LogP contribution in [0.25, 0.3) is 0 Å². The highest BCUT2D eigenvalue weighted by molar-refractivity contribution is 7.80. The second-order valence-corrected chi connectivity index (χ2v) is 6.24. The van der Waals surface area contributed by atoms with Crippen molar-refractivity contribution in [2.24, 2.45) is 0 Å². The molecule has 0 radical (unpaired) electrons. The molecular weight excluding hydrogens is 366 g/mol. The number of hydrazine groups is 1. The van der Waals surface area contributed by atoms with E-state index in [2.05, 4.69) is 20.0 Å². The maximum absolute atomic E-state index is 12.8. The van der Waals surface area contributed by atoms with E-state index in [4.69, 9.17) is 12.2 Å². The van der Waals surface area contributed by atoms with Crippen molar-refractivity contribution in [1.82, 2.24) is 25.3 Å². The van der Waals surface area contributed by atoms with Crippen LogP contribution in [0.1, 0.15) is 32.8 Å². The molecule has 2 aromatic rings. The lowest BCUT2D eigenvalue weighted by atomic mass is 10.2. The number of methoxy groups -OCH3 is 1. The molecule has 1 aliphatic heterocycles. The van der Waals surface area contributed by atoms with Crippen LogP contribution >= 0.6 is 12.2 Å². The highest BCUT2D eigenvalue weighted by Gasteiger charge is 2.30. The van der Waals surface area contributed by atoms with Gasteiger partial charge in [-0.15, -0.1) is 0 Å². The first-order chi connectivity index (χ1) is 13.1. The third-order valence-electron chi connectivity index (χ3n) is 4.07. The van der Waals surface area contributed by atoms with Gasteiger partial charge in [-0.3, -0.25) is 19.8 Å². The Morgan fingerprint density at radius 2 is 2.04 bits per heavy atom. The number of hydrogen-bond acceptors (Lipinski definition) is 6. The van der Waals surface area contributed by atoms with Crippen molar-refractivity contribution >= 4 is 29.2 Å². The van der Waals surface area contributed by atoms with Gasteiger partial charge in [0.25, 0.3) is 5.91 Å². The molecule has 8 nitrogen and oxygen atoms in total. The fraction of sp³-hybridized carbons (Fsp3) is 0.278. The van der Waals surface area contributed by atoms with Crippen LogP contribution in [-0.2, 0) is 11.3 Å². The fourth-order valence-corrected chi connectivity index (χ4v) is 2.96. The predicted octanol–water partition coefficient (Wildman–Crippen LogP) is 1.40. The van der Waals surface area contributed by atoms with Gasteiger partial charge in [0, 0.05) is 38.2 Å². The molecule has 0 aliphatic carbocycles. The summed E-state index contributed by atoms with van der Waals surface area (Å²) in [6.07, 6.45) is 5.61. The van der Waals surface area contributed by atoms with Crippen molar-refractivity contribution < 1.29 is 14.3 Å². The number of hydrogen-bond donors (Lipinski definition) is 1. The smallest absolute Gasteiger partial charge is 0.339 e. The van der Waals surface area contributed by atoms with Crippen LogP contribution in [0.4, 0.5) is 0 Å². The minimum Gasteiger partial charge on any atom is -0.465 e. The van der Waals surface area contributed by atoms with E-state index in [-0.39, 0.29) is 11.6 Å². The largest absolute Gasteiger partial charge is 0.465 e. The number of nitrogens with one attached hydrogen (secondary N) is 1. The quantitative estimate of drug-likeness (QED) is 0.624. The summed E-state index contributed by atoms with van der Waals surface area (Å²) >= 11 is 5.45. The highest BCUT2D eigenvalue weighted by atomic mass is 32.1. The fourth-order valence-electron chi connectivity index (χ4n) is 2.70. The normalized spacial score (nSPS) is 13.4. The van der Waals surface area contributed by atoms with E-state index in [1.165, 1.54) is 25.4 Å². The van der Waals surface area contributed by atoms with E-state index in [9.17, 15) is 9.59 Å². The minimum atomic E-state index is -0.495. The Labute approximate surface area is 162 Å². The van der Waals surface area contributed by atoms with E-state index >= 15 is 0 Å². The second-order valence-electron chi connectivity index (χ2n) is 5.85. The lowest BCUT2D eigenvalue weighted by Crippen LogP contribution is -2.49. The first kappa shape index (κ1) is 18.7. The van der Waals surface area contributed by atoms with E-state index < -0.39 is 5.97 Å². The van der Waals surface area contributed by atoms with Gasteiger partial charge in [-0.25, -0.2) is 9.80 Å². The molecule has 27 heavy (non-hydrogen) atoms. The molecule has 0 unspecified atom stereocenters. The van der Waals surface area contributed by atoms with Gasteiger partial charge in [0.2, 0.25) is 0 Å². The molecule has 9 heteroatoms. The molecule has 0 saturated carbocycles. The molecule has 1 N–H and O–H groups in total. The number of carbonyl (C=O) groups excluding carboxylic acids is 2. The highest BCUT2D eigenvalue weighted by Crippen LogP contribution is 2.15. The molecule has 3 rings (SSSR count). The summed E-state index contributed by atoms with van der Waals surface area (Å²) in [6.45, 7) is 1.72. The van der Waals surface area contributed by atoms with Crippen LogP contribution < -0.4 is 5.32 Å². The molecule has 1 fully saturated rings. The van der Waals surface area contributed by atoms with Gasteiger partial charge in [0.1, 0.15) is 5.69 Å². The van der Waals surface area contributed by atoms with Gasteiger partial charge in [0.05, 0.1) is 12.7 Å². The van der Waals surface area contributed by atoms with Gasteiger partial charge in [-0.2, -0.15) is 0 Å². The number of pyridine rings is 2. The standard InChI is InChI=1S/C18H19N5O3S/c1-26-17(25)14-5-6-15(20-12-14)16(24)22-8-3-9-23(22)18(27)21-11-13-4-2-7-19-10-13/h2,4-7,10,12H,3,8-9,11H2,1H3,(H,21,27). The Morgan fingerprint density at radius 3 is 2.70 bits per heavy atom. The zero-order chi connectivity index (χ0) is 19.2. The number of thiocarbonyl (C=S) groups is 1. The van der Waals surface area contributed by atoms with Gasteiger partial charge in [0.15, 0.2) is 5.11 Å². The van der Waals surface area contributed by atoms with Gasteiger partial charge >= 0.3 is 5.97 Å². The summed E-state index contributed by atoms with van der Waals surface area (Å²) in [4.78, 5) is 32.4. The average molecular weight is 385 g/mol. The molecule has 140 valence electrons. The summed E-state index contributed by atoms with van der Waals surface area (Å²) < 4.78 is 4.64. The Hall–Kier alpha value is -3.07. The summed E-state index contributed by atoms with van der Waals surface area (Å²) in [5, 5.41) is 6.93. The van der Waals surface area contributed by atoms with Gasteiger partial charge in [-0.1, -0.05) is 6.07 Å². The lowest BCUT2D eigenvalue weighted by molar-refractivity contribution is 0.0483. The van der Waals surface area contributed by atoms with Crippen LogP contribution in [0, 0.1) is 0 Å². The Kier molecular flexibility index (Phi) is 5.92. The lowest BCUT2D eigenvalue weighted by Gasteiger charge is -2.30. The van der Waals surface area contributed by atoms with Crippen LogP contribution in [0.15, 0.2) is 42.9 Å². The number of nitrogens with zero attached hydrogens (tertiary/aromatic N) is 4. The third kappa shape index (κ3) is 4.37. The Morgan fingerprint density at radius 1 is 1.22 bits per heavy atom. The molecule has 1 aliphatic rings. The molecule has 2 aromatic heterocycles. The number of esters is 1. The monoisotopic (exact) mass is 385 g/mol. The molecule has 0 spiro atoms. The van der Waals surface area contributed by atoms with Crippen LogP contribution in [0.3, 0.4) is 0 Å². The minimum absolute atomic E-state index is 0.240. The van der Waals surface area contributed by atoms with Crippen molar-refractivity contribution in [2.45, 2.75) is 13.0 Å². The number of rotatable bonds is 4. The van der Waals surface area contributed by atoms with Crippen LogP contribution in [0.2, 0.25) is 0 Å². The van der Waals surface area contributed by atoms with Crippen molar-refractivity contribution in [1.29, 1.82) is 0 Å². The first-order valence-corrected chi connectivity index (χ1v) is 8.81. The summed E-state index contributed by atoms with van der Waals surface area (Å²) in [7, 11) is 1.29. The van der Waals surface area contributed by atoms with E-state index in [0.717, 1.165) is 12.0 Å².